The fourth-order valence-electron chi connectivity index (χ4n) is 10.7. The number of hydrogen-bond acceptors (Lipinski definition) is 5. The van der Waals surface area contributed by atoms with Crippen LogP contribution in [0.25, 0.3) is 0 Å². The van der Waals surface area contributed by atoms with Crippen molar-refractivity contribution in [2.45, 2.75) is 123 Å². The molecule has 4 saturated carbocycles. The largest absolute Gasteiger partial charge is 0.459 e. The molecule has 0 aromatic heterocycles. The molecule has 1 saturated heterocycles. The van der Waals surface area contributed by atoms with Crippen molar-refractivity contribution in [3.63, 3.8) is 0 Å². The van der Waals surface area contributed by atoms with Crippen LogP contribution in [0.15, 0.2) is 24.3 Å². The summed E-state index contributed by atoms with van der Waals surface area (Å²) in [4.78, 5) is 23.4. The van der Waals surface area contributed by atoms with Crippen LogP contribution in [0.4, 0.5) is 5.69 Å². The molecule has 5 aliphatic rings. The summed E-state index contributed by atoms with van der Waals surface area (Å²) in [6, 6.07) is 5.72. The van der Waals surface area contributed by atoms with E-state index in [9.17, 15) is 14.9 Å². The van der Waals surface area contributed by atoms with Crippen molar-refractivity contribution >= 4 is 11.7 Å². The van der Waals surface area contributed by atoms with Crippen LogP contribution in [-0.4, -0.2) is 28.7 Å². The summed E-state index contributed by atoms with van der Waals surface area (Å²) in [5.41, 5.74) is 0.824. The predicted octanol–water partition coefficient (Wildman–Crippen LogP) is 8.37. The molecule has 5 fully saturated rings. The lowest BCUT2D eigenvalue weighted by molar-refractivity contribution is -0.384. The van der Waals surface area contributed by atoms with Gasteiger partial charge in [0.1, 0.15) is 11.7 Å². The number of epoxide rings is 1. The Morgan fingerprint density at radius 3 is 2.50 bits per heavy atom. The Labute approximate surface area is 240 Å². The maximum atomic E-state index is 12.9. The topological polar surface area (TPSA) is 82.0 Å². The molecule has 6 heteroatoms. The van der Waals surface area contributed by atoms with Gasteiger partial charge in [0.25, 0.3) is 5.69 Å². The molecule has 0 radical (unpaired) electrons. The van der Waals surface area contributed by atoms with Crippen LogP contribution in [0.5, 0.6) is 0 Å². The van der Waals surface area contributed by atoms with Gasteiger partial charge >= 0.3 is 5.97 Å². The minimum atomic E-state index is -0.453. The highest BCUT2D eigenvalue weighted by Crippen LogP contribution is 2.74. The number of hydrogen-bond donors (Lipinski definition) is 0. The van der Waals surface area contributed by atoms with Gasteiger partial charge in [0.2, 0.25) is 0 Å². The molecule has 0 bridgehead atoms. The van der Waals surface area contributed by atoms with E-state index in [4.69, 9.17) is 9.47 Å². The maximum absolute atomic E-state index is 12.9. The zero-order chi connectivity index (χ0) is 28.4. The number of fused-ring (bicyclic) bond motifs is 4. The van der Waals surface area contributed by atoms with Crippen molar-refractivity contribution < 1.29 is 19.2 Å². The molecule has 1 aromatic carbocycles. The smallest absolute Gasteiger partial charge is 0.338 e. The first-order valence-electron chi connectivity index (χ1n) is 16.1. The van der Waals surface area contributed by atoms with Crippen molar-refractivity contribution in [2.24, 2.45) is 46.3 Å². The molecule has 6 rings (SSSR count). The summed E-state index contributed by atoms with van der Waals surface area (Å²) in [5, 5.41) is 11.0. The number of benzene rings is 1. The van der Waals surface area contributed by atoms with E-state index in [0.29, 0.717) is 23.0 Å². The number of ether oxygens (including phenoxy) is 2. The summed E-state index contributed by atoms with van der Waals surface area (Å²) in [6.07, 6.45) is 13.6. The monoisotopic (exact) mass is 551 g/mol. The van der Waals surface area contributed by atoms with Gasteiger partial charge in [0.05, 0.1) is 16.6 Å². The average Bonchev–Trinajstić information content (AvgIpc) is 3.49. The number of nitro groups is 1. The molecule has 1 spiro atoms. The van der Waals surface area contributed by atoms with Crippen molar-refractivity contribution in [1.82, 2.24) is 0 Å². The molecule has 6 nitrogen and oxygen atoms in total. The van der Waals surface area contributed by atoms with Crippen LogP contribution in [0, 0.1) is 56.5 Å². The quantitative estimate of drug-likeness (QED) is 0.140. The third kappa shape index (κ3) is 4.42. The second kappa shape index (κ2) is 10.1. The number of non-ortho nitro benzene ring substituents is 1. The van der Waals surface area contributed by atoms with Gasteiger partial charge in [-0.3, -0.25) is 10.1 Å². The summed E-state index contributed by atoms with van der Waals surface area (Å²) in [6.45, 7) is 12.4. The third-order valence-electron chi connectivity index (χ3n) is 12.8. The fourth-order valence-corrected chi connectivity index (χ4v) is 10.7. The van der Waals surface area contributed by atoms with Gasteiger partial charge in [-0.15, -0.1) is 0 Å². The van der Waals surface area contributed by atoms with Gasteiger partial charge in [-0.05, 0) is 98.0 Å². The van der Waals surface area contributed by atoms with Gasteiger partial charge in [-0.1, -0.05) is 53.9 Å². The predicted molar refractivity (Wildman–Crippen MR) is 155 cm³/mol. The number of esters is 1. The molecule has 1 heterocycles. The van der Waals surface area contributed by atoms with E-state index in [1.165, 1.54) is 75.6 Å². The van der Waals surface area contributed by atoms with E-state index < -0.39 is 10.9 Å². The van der Waals surface area contributed by atoms with E-state index in [-0.39, 0.29) is 22.8 Å². The normalized spacial score (nSPS) is 42.2. The number of nitrogens with zero attached hydrogens (tertiary/aromatic N) is 1. The Morgan fingerprint density at radius 2 is 1.80 bits per heavy atom. The second-order valence-corrected chi connectivity index (χ2v) is 15.1. The molecule has 40 heavy (non-hydrogen) atoms. The average molecular weight is 552 g/mol. The van der Waals surface area contributed by atoms with Crippen LogP contribution < -0.4 is 0 Å². The van der Waals surface area contributed by atoms with Crippen LogP contribution in [0.2, 0.25) is 0 Å². The third-order valence-corrected chi connectivity index (χ3v) is 12.8. The zero-order valence-corrected chi connectivity index (χ0v) is 25.2. The summed E-state index contributed by atoms with van der Waals surface area (Å²) >= 11 is 0. The maximum Gasteiger partial charge on any atom is 0.338 e. The molecule has 4 aliphatic carbocycles. The standard InChI is InChI=1S/C34H49NO5/c1-21(2)7-6-8-22(3)27-13-14-28-26-19-30-34(40-30)20-25(15-18-33(34,5)29(26)16-17-32(27,28)4)39-31(36)23-9-11-24(12-10-23)35(37)38/h9-12,21-22,25-30H,6-8,13-20H2,1-5H3/t22-,25+,26-,27+,28-,29-,30+,32-,33-,34+/m1/s1. The lowest BCUT2D eigenvalue weighted by Crippen LogP contribution is -2.59. The molecule has 10 atom stereocenters. The van der Waals surface area contributed by atoms with Crippen LogP contribution >= 0.6 is 0 Å². The van der Waals surface area contributed by atoms with Gasteiger partial charge in [-0.2, -0.15) is 0 Å². The van der Waals surface area contributed by atoms with E-state index in [2.05, 4.69) is 34.6 Å². The van der Waals surface area contributed by atoms with Crippen LogP contribution in [0.3, 0.4) is 0 Å². The molecule has 1 aliphatic heterocycles. The zero-order valence-electron chi connectivity index (χ0n) is 25.2. The molecular formula is C34H49NO5. The Balaban J connectivity index is 1.12. The molecule has 0 unspecified atom stereocenters. The summed E-state index contributed by atoms with van der Waals surface area (Å²) < 4.78 is 12.7. The Morgan fingerprint density at radius 1 is 1.05 bits per heavy atom. The van der Waals surface area contributed by atoms with Crippen molar-refractivity contribution in [2.75, 3.05) is 0 Å². The van der Waals surface area contributed by atoms with Gasteiger partial charge in [0, 0.05) is 24.0 Å². The number of carbonyl (C=O) groups excluding carboxylic acids is 1. The Bertz CT molecular complexity index is 1130. The molecule has 0 N–H and O–H groups in total. The molecular weight excluding hydrogens is 502 g/mol. The Hall–Kier alpha value is -1.95. The van der Waals surface area contributed by atoms with E-state index >= 15 is 0 Å². The van der Waals surface area contributed by atoms with Gasteiger partial charge in [0.15, 0.2) is 0 Å². The first-order chi connectivity index (χ1) is 19.0. The summed E-state index contributed by atoms with van der Waals surface area (Å²) in [7, 11) is 0. The highest BCUT2D eigenvalue weighted by atomic mass is 16.6. The summed E-state index contributed by atoms with van der Waals surface area (Å²) in [5.74, 6) is 4.38. The number of carbonyl (C=O) groups is 1. The van der Waals surface area contributed by atoms with E-state index in [1.807, 2.05) is 0 Å². The van der Waals surface area contributed by atoms with Crippen molar-refractivity contribution in [3.8, 4) is 0 Å². The van der Waals surface area contributed by atoms with E-state index in [0.717, 1.165) is 48.9 Å². The lowest BCUT2D eigenvalue weighted by Gasteiger charge is -2.59. The molecule has 1 aromatic rings. The van der Waals surface area contributed by atoms with Crippen LogP contribution in [0.1, 0.15) is 116 Å². The van der Waals surface area contributed by atoms with E-state index in [1.54, 1.807) is 0 Å². The second-order valence-electron chi connectivity index (χ2n) is 15.1. The van der Waals surface area contributed by atoms with Crippen molar-refractivity contribution in [3.05, 3.63) is 39.9 Å². The first kappa shape index (κ1) is 28.2. The minimum absolute atomic E-state index is 0.0207. The van der Waals surface area contributed by atoms with Crippen molar-refractivity contribution in [1.29, 1.82) is 0 Å². The lowest BCUT2D eigenvalue weighted by atomic mass is 9.44. The van der Waals surface area contributed by atoms with Gasteiger partial charge < -0.3 is 9.47 Å². The Kier molecular flexibility index (Phi) is 7.12. The highest BCUT2D eigenvalue weighted by molar-refractivity contribution is 5.89. The fraction of sp³-hybridized carbons (Fsp3) is 0.794. The van der Waals surface area contributed by atoms with Crippen LogP contribution in [-0.2, 0) is 9.47 Å². The van der Waals surface area contributed by atoms with Gasteiger partial charge in [-0.25, -0.2) is 4.79 Å². The minimum Gasteiger partial charge on any atom is -0.459 e. The molecule has 220 valence electrons. The number of rotatable bonds is 8. The highest BCUT2D eigenvalue weighted by Gasteiger charge is 2.76. The SMILES string of the molecule is CC(C)CCC[C@@H](C)[C@@H]1CC[C@@H]2[C@H]3C[C@@H]4O[C@@]45C[C@@H](OC(=O)c4ccc([N+](=O)[O-])cc4)CC[C@]5(C)[C@@H]3CC[C@@]21C. The first-order valence-corrected chi connectivity index (χ1v) is 16.1. The number of nitro benzene ring substituents is 1. The molecule has 0 amide bonds.